The number of ether oxygens (including phenoxy) is 1. The van der Waals surface area contributed by atoms with E-state index in [2.05, 4.69) is 39.5 Å². The second kappa shape index (κ2) is 5.27. The predicted octanol–water partition coefficient (Wildman–Crippen LogP) is 2.18. The Morgan fingerprint density at radius 3 is 3.06 bits per heavy atom. The molecule has 0 aromatic carbocycles. The number of aromatic nitrogens is 2. The molecule has 0 saturated carbocycles. The first kappa shape index (κ1) is 12.0. The Kier molecular flexibility index (Phi) is 3.96. The molecule has 2 rings (SSSR count). The molecule has 1 atom stereocenters. The number of hydrogen-bond donors (Lipinski definition) is 1. The van der Waals surface area contributed by atoms with Gasteiger partial charge in [0.15, 0.2) is 0 Å². The number of halogens is 1. The Balaban J connectivity index is 2.35. The smallest absolute Gasteiger partial charge is 0.264 e. The van der Waals surface area contributed by atoms with Crippen LogP contribution in [0.25, 0.3) is 0 Å². The predicted molar refractivity (Wildman–Crippen MR) is 69.5 cm³/mol. The highest BCUT2D eigenvalue weighted by atomic mass is 127. The van der Waals surface area contributed by atoms with Gasteiger partial charge in [0.1, 0.15) is 11.9 Å². The first-order valence-electron chi connectivity index (χ1n) is 5.62. The van der Waals surface area contributed by atoms with Gasteiger partial charge in [0.2, 0.25) is 0 Å². The Labute approximate surface area is 108 Å². The molecule has 1 aromatic heterocycles. The topological polar surface area (TPSA) is 55.0 Å². The van der Waals surface area contributed by atoms with E-state index in [1.807, 2.05) is 0 Å². The van der Waals surface area contributed by atoms with Gasteiger partial charge in [0, 0.05) is 6.61 Å². The van der Waals surface area contributed by atoms with Gasteiger partial charge in [-0.3, -0.25) is 4.79 Å². The molecule has 0 amide bonds. The summed E-state index contributed by atoms with van der Waals surface area (Å²) < 4.78 is 6.24. The molecule has 88 valence electrons. The van der Waals surface area contributed by atoms with Crippen LogP contribution >= 0.6 is 22.6 Å². The standard InChI is InChI=1S/C11H15IN2O2/c1-2-4-7-9(12)11(15)14-10(13-7)8-5-3-6-16-8/h8H,2-6H2,1H3,(H,13,14,15). The number of nitrogens with zero attached hydrogens (tertiary/aromatic N) is 1. The van der Waals surface area contributed by atoms with Gasteiger partial charge in [-0.05, 0) is 41.9 Å². The van der Waals surface area contributed by atoms with Gasteiger partial charge in [-0.15, -0.1) is 0 Å². The van der Waals surface area contributed by atoms with Gasteiger partial charge in [0.05, 0.1) is 9.26 Å². The molecule has 4 nitrogen and oxygen atoms in total. The van der Waals surface area contributed by atoms with Crippen molar-refractivity contribution in [3.8, 4) is 0 Å². The first-order chi connectivity index (χ1) is 7.72. The number of H-pyrrole nitrogens is 1. The summed E-state index contributed by atoms with van der Waals surface area (Å²) in [6, 6.07) is 0. The molecule has 16 heavy (non-hydrogen) atoms. The summed E-state index contributed by atoms with van der Waals surface area (Å²) in [6.45, 7) is 2.86. The van der Waals surface area contributed by atoms with Crippen molar-refractivity contribution >= 4 is 22.6 Å². The maximum Gasteiger partial charge on any atom is 0.264 e. The maximum absolute atomic E-state index is 11.7. The number of nitrogens with one attached hydrogen (secondary N) is 1. The SMILES string of the molecule is CCCc1nc(C2CCCO2)[nH]c(=O)c1I. The van der Waals surface area contributed by atoms with Crippen molar-refractivity contribution in [1.82, 2.24) is 9.97 Å². The second-order valence-electron chi connectivity index (χ2n) is 3.96. The second-order valence-corrected chi connectivity index (χ2v) is 5.04. The van der Waals surface area contributed by atoms with Crippen LogP contribution < -0.4 is 5.56 Å². The van der Waals surface area contributed by atoms with Gasteiger partial charge in [0.25, 0.3) is 5.56 Å². The fourth-order valence-electron chi connectivity index (χ4n) is 1.87. The molecule has 1 aliphatic heterocycles. The summed E-state index contributed by atoms with van der Waals surface area (Å²) in [6.07, 6.45) is 3.83. The molecule has 0 radical (unpaired) electrons. The number of aromatic amines is 1. The van der Waals surface area contributed by atoms with Crippen LogP contribution in [0, 0.1) is 3.57 Å². The molecule has 2 heterocycles. The van der Waals surface area contributed by atoms with Crippen molar-refractivity contribution in [2.75, 3.05) is 6.61 Å². The van der Waals surface area contributed by atoms with E-state index in [1.54, 1.807) is 0 Å². The minimum Gasteiger partial charge on any atom is -0.370 e. The van der Waals surface area contributed by atoms with E-state index < -0.39 is 0 Å². The van der Waals surface area contributed by atoms with Crippen LogP contribution in [0.3, 0.4) is 0 Å². The summed E-state index contributed by atoms with van der Waals surface area (Å²) in [5.41, 5.74) is 0.863. The molecule has 0 spiro atoms. The summed E-state index contributed by atoms with van der Waals surface area (Å²) >= 11 is 2.06. The van der Waals surface area contributed by atoms with Crippen LogP contribution in [-0.2, 0) is 11.2 Å². The van der Waals surface area contributed by atoms with Gasteiger partial charge in [-0.1, -0.05) is 13.3 Å². The van der Waals surface area contributed by atoms with Crippen LogP contribution in [0.5, 0.6) is 0 Å². The molecule has 1 saturated heterocycles. The highest BCUT2D eigenvalue weighted by Crippen LogP contribution is 2.25. The third kappa shape index (κ3) is 2.45. The minimum absolute atomic E-state index is 0.0136. The lowest BCUT2D eigenvalue weighted by Crippen LogP contribution is -2.20. The molecule has 5 heteroatoms. The largest absolute Gasteiger partial charge is 0.370 e. The zero-order valence-corrected chi connectivity index (χ0v) is 11.4. The van der Waals surface area contributed by atoms with E-state index in [1.165, 1.54) is 0 Å². The Bertz CT molecular complexity index is 424. The van der Waals surface area contributed by atoms with Crippen molar-refractivity contribution in [3.05, 3.63) is 25.4 Å². The normalized spacial score (nSPS) is 20.2. The average Bonchev–Trinajstić information content (AvgIpc) is 2.78. The number of rotatable bonds is 3. The highest BCUT2D eigenvalue weighted by molar-refractivity contribution is 14.1. The van der Waals surface area contributed by atoms with Gasteiger partial charge in [-0.25, -0.2) is 4.98 Å². The molecule has 0 bridgehead atoms. The number of hydrogen-bond acceptors (Lipinski definition) is 3. The van der Waals surface area contributed by atoms with E-state index in [0.717, 1.165) is 38.0 Å². The fourth-order valence-corrected chi connectivity index (χ4v) is 2.40. The van der Waals surface area contributed by atoms with Gasteiger partial charge >= 0.3 is 0 Å². The van der Waals surface area contributed by atoms with Crippen LogP contribution in [0.2, 0.25) is 0 Å². The van der Waals surface area contributed by atoms with Crippen LogP contribution in [0.4, 0.5) is 0 Å². The summed E-state index contributed by atoms with van der Waals surface area (Å²) in [5, 5.41) is 0. The fraction of sp³-hybridized carbons (Fsp3) is 0.636. The summed E-state index contributed by atoms with van der Waals surface area (Å²) in [4.78, 5) is 19.1. The van der Waals surface area contributed by atoms with Crippen molar-refractivity contribution in [2.45, 2.75) is 38.7 Å². The minimum atomic E-state index is -0.0375. The lowest BCUT2D eigenvalue weighted by molar-refractivity contribution is 0.104. The van der Waals surface area contributed by atoms with Crippen molar-refractivity contribution in [1.29, 1.82) is 0 Å². The van der Waals surface area contributed by atoms with Crippen LogP contribution in [0.15, 0.2) is 4.79 Å². The zero-order chi connectivity index (χ0) is 11.5. The quantitative estimate of drug-likeness (QED) is 0.862. The summed E-state index contributed by atoms with van der Waals surface area (Å²) in [5.74, 6) is 0.700. The molecule has 1 N–H and O–H groups in total. The van der Waals surface area contributed by atoms with Gasteiger partial charge < -0.3 is 9.72 Å². The molecule has 1 aromatic rings. The van der Waals surface area contributed by atoms with Crippen molar-refractivity contribution in [3.63, 3.8) is 0 Å². The Morgan fingerprint density at radius 2 is 2.44 bits per heavy atom. The van der Waals surface area contributed by atoms with Crippen LogP contribution in [-0.4, -0.2) is 16.6 Å². The Morgan fingerprint density at radius 1 is 1.62 bits per heavy atom. The molecule has 1 unspecified atom stereocenters. The molecular formula is C11H15IN2O2. The summed E-state index contributed by atoms with van der Waals surface area (Å²) in [7, 11) is 0. The molecule has 1 aliphatic rings. The lowest BCUT2D eigenvalue weighted by atomic mass is 10.2. The lowest BCUT2D eigenvalue weighted by Gasteiger charge is -2.10. The molecule has 0 aliphatic carbocycles. The third-order valence-corrected chi connectivity index (χ3v) is 3.78. The molecule has 1 fully saturated rings. The molecular weight excluding hydrogens is 319 g/mol. The maximum atomic E-state index is 11.7. The van der Waals surface area contributed by atoms with E-state index in [-0.39, 0.29) is 11.7 Å². The van der Waals surface area contributed by atoms with E-state index in [0.29, 0.717) is 9.39 Å². The van der Waals surface area contributed by atoms with Crippen LogP contribution in [0.1, 0.15) is 43.8 Å². The third-order valence-electron chi connectivity index (χ3n) is 2.67. The van der Waals surface area contributed by atoms with Gasteiger partial charge in [-0.2, -0.15) is 0 Å². The van der Waals surface area contributed by atoms with E-state index in [9.17, 15) is 4.79 Å². The van der Waals surface area contributed by atoms with E-state index >= 15 is 0 Å². The van der Waals surface area contributed by atoms with Crippen molar-refractivity contribution in [2.24, 2.45) is 0 Å². The first-order valence-corrected chi connectivity index (χ1v) is 6.70. The number of aryl methyl sites for hydroxylation is 1. The Hall–Kier alpha value is -0.430. The van der Waals surface area contributed by atoms with Crippen molar-refractivity contribution < 1.29 is 4.74 Å². The monoisotopic (exact) mass is 334 g/mol. The average molecular weight is 334 g/mol. The zero-order valence-electron chi connectivity index (χ0n) is 9.25. The van der Waals surface area contributed by atoms with E-state index in [4.69, 9.17) is 4.74 Å². The highest BCUT2D eigenvalue weighted by Gasteiger charge is 2.21.